The van der Waals surface area contributed by atoms with Crippen LogP contribution in [0.15, 0.2) is 53.2 Å². The summed E-state index contributed by atoms with van der Waals surface area (Å²) in [6, 6.07) is 12.2. The van der Waals surface area contributed by atoms with Crippen molar-refractivity contribution >= 4 is 16.8 Å². The maximum absolute atomic E-state index is 5.88. The van der Waals surface area contributed by atoms with Crippen molar-refractivity contribution in [2.45, 2.75) is 6.54 Å². The van der Waals surface area contributed by atoms with Crippen LogP contribution in [0.25, 0.3) is 28.3 Å². The fourth-order valence-electron chi connectivity index (χ4n) is 2.94. The third-order valence-corrected chi connectivity index (χ3v) is 3.73. The van der Waals surface area contributed by atoms with Crippen molar-refractivity contribution in [3.63, 3.8) is 0 Å². The standard InChI is InChI=1S/C15H10N3O/c1-2-6-12-11(5-1)18-13(19-12)9-17-8-10-4-3-7-16-14(10)15(17)18/h1-7,9H,8H2/q+1. The highest BCUT2D eigenvalue weighted by Gasteiger charge is 2.33. The minimum atomic E-state index is 0.865. The van der Waals surface area contributed by atoms with Gasteiger partial charge in [-0.15, -0.1) is 0 Å². The molecule has 0 saturated heterocycles. The number of nitrogens with zero attached hydrogens (tertiary/aromatic N) is 3. The fourth-order valence-corrected chi connectivity index (χ4v) is 2.94. The summed E-state index contributed by atoms with van der Waals surface area (Å²) in [6.45, 7) is 0.865. The van der Waals surface area contributed by atoms with E-state index >= 15 is 0 Å². The lowest BCUT2D eigenvalue weighted by Gasteiger charge is -1.91. The van der Waals surface area contributed by atoms with Crippen molar-refractivity contribution in [3.8, 4) is 11.5 Å². The van der Waals surface area contributed by atoms with Gasteiger partial charge in [0.05, 0.1) is 0 Å². The normalized spacial score (nSPS) is 13.1. The van der Waals surface area contributed by atoms with Gasteiger partial charge in [-0.2, -0.15) is 4.40 Å². The number of aromatic nitrogens is 3. The molecule has 0 radical (unpaired) electrons. The molecule has 19 heavy (non-hydrogen) atoms. The van der Waals surface area contributed by atoms with Crippen molar-refractivity contribution in [2.75, 3.05) is 0 Å². The molecule has 0 aliphatic carbocycles. The molecule has 0 unspecified atom stereocenters. The zero-order valence-electron chi connectivity index (χ0n) is 10.1. The summed E-state index contributed by atoms with van der Waals surface area (Å²) in [5.74, 6) is 1.11. The maximum Gasteiger partial charge on any atom is 0.336 e. The van der Waals surface area contributed by atoms with Crippen LogP contribution < -0.4 is 4.57 Å². The first-order valence-corrected chi connectivity index (χ1v) is 6.28. The summed E-state index contributed by atoms with van der Waals surface area (Å²) < 4.78 is 10.2. The molecule has 4 aromatic rings. The maximum atomic E-state index is 5.88. The number of imidazole rings is 1. The molecule has 4 heteroatoms. The minimum absolute atomic E-state index is 0.865. The SMILES string of the molecule is c1cnc2c(c1)C[n+]1cc3oc4ccccc4n3c1-2. The Morgan fingerprint density at radius 2 is 2.11 bits per heavy atom. The fraction of sp³-hybridized carbons (Fsp3) is 0.0667. The van der Waals surface area contributed by atoms with Crippen LogP contribution in [-0.2, 0) is 6.54 Å². The molecule has 4 nitrogen and oxygen atoms in total. The number of rotatable bonds is 0. The molecule has 4 heterocycles. The van der Waals surface area contributed by atoms with Gasteiger partial charge in [-0.1, -0.05) is 18.2 Å². The molecule has 5 rings (SSSR count). The number of pyridine rings is 1. The number of hydrogen-bond donors (Lipinski definition) is 0. The summed E-state index contributed by atoms with van der Waals surface area (Å²) in [4.78, 5) is 4.53. The highest BCUT2D eigenvalue weighted by atomic mass is 16.3. The molecule has 0 saturated carbocycles. The van der Waals surface area contributed by atoms with Crippen molar-refractivity contribution in [1.82, 2.24) is 9.38 Å². The van der Waals surface area contributed by atoms with Gasteiger partial charge in [-0.05, 0) is 18.2 Å². The van der Waals surface area contributed by atoms with Gasteiger partial charge in [0.15, 0.2) is 23.0 Å². The molecule has 1 aliphatic heterocycles. The average molecular weight is 248 g/mol. The third kappa shape index (κ3) is 1.04. The quantitative estimate of drug-likeness (QED) is 0.394. The van der Waals surface area contributed by atoms with E-state index in [4.69, 9.17) is 4.42 Å². The van der Waals surface area contributed by atoms with E-state index in [9.17, 15) is 0 Å². The van der Waals surface area contributed by atoms with Crippen LogP contribution in [0.5, 0.6) is 0 Å². The number of oxazole rings is 1. The Kier molecular flexibility index (Phi) is 1.49. The second-order valence-corrected chi connectivity index (χ2v) is 4.84. The largest absolute Gasteiger partial charge is 0.416 e. The summed E-state index contributed by atoms with van der Waals surface area (Å²) in [6.07, 6.45) is 3.90. The predicted octanol–water partition coefficient (Wildman–Crippen LogP) is 2.40. The third-order valence-electron chi connectivity index (χ3n) is 3.73. The number of para-hydroxylation sites is 2. The molecule has 1 aromatic carbocycles. The highest BCUT2D eigenvalue weighted by Crippen LogP contribution is 2.30. The van der Waals surface area contributed by atoms with Crippen molar-refractivity contribution in [2.24, 2.45) is 0 Å². The van der Waals surface area contributed by atoms with E-state index in [1.165, 1.54) is 5.56 Å². The second-order valence-electron chi connectivity index (χ2n) is 4.84. The molecule has 0 N–H and O–H groups in total. The van der Waals surface area contributed by atoms with Gasteiger partial charge in [0.25, 0.3) is 0 Å². The molecule has 3 aromatic heterocycles. The van der Waals surface area contributed by atoms with Gasteiger partial charge in [0.2, 0.25) is 0 Å². The lowest BCUT2D eigenvalue weighted by molar-refractivity contribution is -0.670. The smallest absolute Gasteiger partial charge is 0.336 e. The molecule has 0 spiro atoms. The van der Waals surface area contributed by atoms with Gasteiger partial charge in [0, 0.05) is 11.8 Å². The molecular formula is C15H10N3O+. The molecule has 0 bridgehead atoms. The zero-order chi connectivity index (χ0) is 12.4. The van der Waals surface area contributed by atoms with Gasteiger partial charge in [0.1, 0.15) is 6.54 Å². The first-order valence-electron chi connectivity index (χ1n) is 6.28. The summed E-state index contributed by atoms with van der Waals surface area (Å²) in [7, 11) is 0. The van der Waals surface area contributed by atoms with Crippen molar-refractivity contribution in [1.29, 1.82) is 0 Å². The number of fused-ring (bicyclic) bond motifs is 7. The van der Waals surface area contributed by atoms with Crippen molar-refractivity contribution in [3.05, 3.63) is 54.4 Å². The van der Waals surface area contributed by atoms with E-state index in [0.717, 1.165) is 34.9 Å². The van der Waals surface area contributed by atoms with Gasteiger partial charge < -0.3 is 4.42 Å². The molecule has 1 aliphatic rings. The first kappa shape index (κ1) is 9.33. The number of benzene rings is 1. The van der Waals surface area contributed by atoms with E-state index in [2.05, 4.69) is 32.3 Å². The van der Waals surface area contributed by atoms with Crippen LogP contribution in [-0.4, -0.2) is 9.38 Å². The van der Waals surface area contributed by atoms with Gasteiger partial charge >= 0.3 is 11.5 Å². The molecule has 0 amide bonds. The van der Waals surface area contributed by atoms with E-state index in [0.29, 0.717) is 0 Å². The Hall–Kier alpha value is -2.62. The Morgan fingerprint density at radius 3 is 3.11 bits per heavy atom. The first-order chi connectivity index (χ1) is 9.42. The Labute approximate surface area is 108 Å². The van der Waals surface area contributed by atoms with Crippen LogP contribution in [0.3, 0.4) is 0 Å². The van der Waals surface area contributed by atoms with Crippen LogP contribution in [0.1, 0.15) is 5.56 Å². The topological polar surface area (TPSA) is 34.3 Å². The number of hydrogen-bond acceptors (Lipinski definition) is 2. The van der Waals surface area contributed by atoms with Crippen LogP contribution in [0, 0.1) is 0 Å². The monoisotopic (exact) mass is 248 g/mol. The Bertz CT molecular complexity index is 949. The van der Waals surface area contributed by atoms with Gasteiger partial charge in [-0.25, -0.2) is 9.55 Å². The van der Waals surface area contributed by atoms with Crippen LogP contribution >= 0.6 is 0 Å². The van der Waals surface area contributed by atoms with E-state index in [1.807, 2.05) is 30.5 Å². The lowest BCUT2D eigenvalue weighted by Crippen LogP contribution is -2.29. The van der Waals surface area contributed by atoms with Gasteiger partial charge in [-0.3, -0.25) is 0 Å². The zero-order valence-corrected chi connectivity index (χ0v) is 10.1. The Balaban J connectivity index is 2.00. The lowest BCUT2D eigenvalue weighted by atomic mass is 10.2. The minimum Gasteiger partial charge on any atom is -0.416 e. The molecular weight excluding hydrogens is 238 g/mol. The predicted molar refractivity (Wildman–Crippen MR) is 69.7 cm³/mol. The second kappa shape index (κ2) is 3.03. The molecule has 90 valence electrons. The van der Waals surface area contributed by atoms with Crippen LogP contribution in [0.2, 0.25) is 0 Å². The molecule has 0 atom stereocenters. The van der Waals surface area contributed by atoms with Crippen molar-refractivity contribution < 1.29 is 8.98 Å². The van der Waals surface area contributed by atoms with E-state index < -0.39 is 0 Å². The summed E-state index contributed by atoms with van der Waals surface area (Å²) in [5.41, 5.74) is 5.17. The highest BCUT2D eigenvalue weighted by molar-refractivity contribution is 5.79. The summed E-state index contributed by atoms with van der Waals surface area (Å²) in [5, 5.41) is 0. The molecule has 0 fully saturated rings. The Morgan fingerprint density at radius 1 is 1.16 bits per heavy atom. The summed E-state index contributed by atoms with van der Waals surface area (Å²) >= 11 is 0. The van der Waals surface area contributed by atoms with E-state index in [-0.39, 0.29) is 0 Å². The van der Waals surface area contributed by atoms with E-state index in [1.54, 1.807) is 0 Å². The van der Waals surface area contributed by atoms with Crippen LogP contribution in [0.4, 0.5) is 0 Å². The average Bonchev–Trinajstić information content (AvgIpc) is 3.04.